The Morgan fingerprint density at radius 1 is 1.06 bits per heavy atom. The van der Waals surface area contributed by atoms with Crippen LogP contribution in [-0.2, 0) is 0 Å². The zero-order valence-electron chi connectivity index (χ0n) is 10.0. The van der Waals surface area contributed by atoms with Gasteiger partial charge in [-0.15, -0.1) is 0 Å². The van der Waals surface area contributed by atoms with Crippen molar-refractivity contribution < 1.29 is 4.79 Å². The summed E-state index contributed by atoms with van der Waals surface area (Å²) < 4.78 is 0. The molecule has 2 aliphatic carbocycles. The lowest BCUT2D eigenvalue weighted by molar-refractivity contribution is 0.138. The van der Waals surface area contributed by atoms with Crippen LogP contribution in [0.3, 0.4) is 0 Å². The van der Waals surface area contributed by atoms with Crippen LogP contribution in [0.5, 0.6) is 0 Å². The Morgan fingerprint density at radius 3 is 2.31 bits per heavy atom. The van der Waals surface area contributed by atoms with Crippen molar-refractivity contribution >= 4 is 6.03 Å². The van der Waals surface area contributed by atoms with Crippen molar-refractivity contribution in [2.45, 2.75) is 51.0 Å². The summed E-state index contributed by atoms with van der Waals surface area (Å²) in [6.45, 7) is 3.03. The molecule has 0 aromatic carbocycles. The molecule has 0 aromatic rings. The lowest BCUT2D eigenvalue weighted by atomic mass is 10.1. The number of rotatable bonds is 3. The minimum absolute atomic E-state index is 0.342. The Balaban J connectivity index is 1.59. The minimum Gasteiger partial charge on any atom is -0.325 e. The van der Waals surface area contributed by atoms with E-state index in [0.29, 0.717) is 12.1 Å². The molecule has 0 N–H and O–H groups in total. The number of amides is 2. The zero-order chi connectivity index (χ0) is 11.0. The van der Waals surface area contributed by atoms with Gasteiger partial charge in [-0.3, -0.25) is 0 Å². The van der Waals surface area contributed by atoms with Gasteiger partial charge in [-0.25, -0.2) is 4.79 Å². The van der Waals surface area contributed by atoms with Crippen LogP contribution >= 0.6 is 0 Å². The van der Waals surface area contributed by atoms with Gasteiger partial charge in [0.25, 0.3) is 0 Å². The summed E-state index contributed by atoms with van der Waals surface area (Å²) in [5, 5.41) is 0. The number of urea groups is 1. The first-order chi connectivity index (χ1) is 7.84. The number of piperidine rings is 1. The standard InChI is InChI=1S/C13H22N2O/c16-13(14-8-2-1-3-9-14)15(12-6-7-12)10-11-4-5-11/h11-12H,1-10H2. The van der Waals surface area contributed by atoms with Gasteiger partial charge < -0.3 is 9.80 Å². The molecule has 16 heavy (non-hydrogen) atoms. The average Bonchev–Trinajstić information content (AvgIpc) is 3.16. The van der Waals surface area contributed by atoms with Crippen molar-refractivity contribution in [3.05, 3.63) is 0 Å². The molecule has 0 radical (unpaired) electrons. The maximum Gasteiger partial charge on any atom is 0.320 e. The van der Waals surface area contributed by atoms with Crippen molar-refractivity contribution in [3.63, 3.8) is 0 Å². The average molecular weight is 222 g/mol. The van der Waals surface area contributed by atoms with Crippen LogP contribution in [-0.4, -0.2) is 41.5 Å². The second kappa shape index (κ2) is 4.27. The minimum atomic E-state index is 0.342. The molecule has 2 saturated carbocycles. The van der Waals surface area contributed by atoms with E-state index in [1.54, 1.807) is 0 Å². The summed E-state index contributed by atoms with van der Waals surface area (Å²) in [5.41, 5.74) is 0. The van der Waals surface area contributed by atoms with Crippen LogP contribution in [0, 0.1) is 5.92 Å². The lowest BCUT2D eigenvalue weighted by Crippen LogP contribution is -2.47. The van der Waals surface area contributed by atoms with Gasteiger partial charge in [0.15, 0.2) is 0 Å². The first-order valence-corrected chi connectivity index (χ1v) is 6.90. The van der Waals surface area contributed by atoms with Gasteiger partial charge in [-0.2, -0.15) is 0 Å². The van der Waals surface area contributed by atoms with Gasteiger partial charge in [-0.1, -0.05) is 0 Å². The van der Waals surface area contributed by atoms with E-state index in [1.807, 2.05) is 0 Å². The summed E-state index contributed by atoms with van der Waals surface area (Å²) >= 11 is 0. The highest BCUT2D eigenvalue weighted by Gasteiger charge is 2.38. The number of nitrogens with zero attached hydrogens (tertiary/aromatic N) is 2. The van der Waals surface area contributed by atoms with Gasteiger partial charge in [-0.05, 0) is 50.9 Å². The molecule has 0 unspecified atom stereocenters. The first-order valence-electron chi connectivity index (χ1n) is 6.90. The molecule has 0 bridgehead atoms. The van der Waals surface area contributed by atoms with E-state index in [-0.39, 0.29) is 0 Å². The van der Waals surface area contributed by atoms with Crippen molar-refractivity contribution in [2.75, 3.05) is 19.6 Å². The fourth-order valence-corrected chi connectivity index (χ4v) is 2.61. The van der Waals surface area contributed by atoms with Crippen LogP contribution < -0.4 is 0 Å². The summed E-state index contributed by atoms with van der Waals surface area (Å²) in [7, 11) is 0. The molecule has 0 spiro atoms. The lowest BCUT2D eigenvalue weighted by Gasteiger charge is -2.33. The van der Waals surface area contributed by atoms with Gasteiger partial charge in [0, 0.05) is 25.7 Å². The fourth-order valence-electron chi connectivity index (χ4n) is 2.61. The van der Waals surface area contributed by atoms with Gasteiger partial charge >= 0.3 is 6.03 Å². The molecule has 3 fully saturated rings. The summed E-state index contributed by atoms with van der Waals surface area (Å²) in [4.78, 5) is 16.7. The zero-order valence-corrected chi connectivity index (χ0v) is 10.0. The smallest absolute Gasteiger partial charge is 0.320 e. The van der Waals surface area contributed by atoms with E-state index < -0.39 is 0 Å². The molecule has 3 aliphatic rings. The molecule has 0 aromatic heterocycles. The highest BCUT2D eigenvalue weighted by molar-refractivity contribution is 5.75. The Morgan fingerprint density at radius 2 is 1.75 bits per heavy atom. The second-order valence-electron chi connectivity index (χ2n) is 5.66. The molecular weight excluding hydrogens is 200 g/mol. The van der Waals surface area contributed by atoms with E-state index in [1.165, 1.54) is 44.9 Å². The highest BCUT2D eigenvalue weighted by Crippen LogP contribution is 2.35. The summed E-state index contributed by atoms with van der Waals surface area (Å²) in [5.74, 6) is 0.828. The quantitative estimate of drug-likeness (QED) is 0.719. The van der Waals surface area contributed by atoms with Crippen LogP contribution in [0.1, 0.15) is 44.9 Å². The normalized spacial score (nSPS) is 25.6. The third-order valence-electron chi connectivity index (χ3n) is 4.01. The molecule has 3 rings (SSSR count). The molecule has 1 saturated heterocycles. The number of carbonyl (C=O) groups is 1. The van der Waals surface area contributed by atoms with E-state index in [4.69, 9.17) is 0 Å². The van der Waals surface area contributed by atoms with Crippen molar-refractivity contribution in [2.24, 2.45) is 5.92 Å². The third kappa shape index (κ3) is 2.33. The predicted octanol–water partition coefficient (Wildman–Crippen LogP) is 2.47. The summed E-state index contributed by atoms with van der Waals surface area (Å²) in [6.07, 6.45) is 8.88. The highest BCUT2D eigenvalue weighted by atomic mass is 16.2. The van der Waals surface area contributed by atoms with Gasteiger partial charge in [0.1, 0.15) is 0 Å². The van der Waals surface area contributed by atoms with Gasteiger partial charge in [0.2, 0.25) is 0 Å². The SMILES string of the molecule is O=C(N1CCCCC1)N(CC1CC1)C1CC1. The van der Waals surface area contributed by atoms with E-state index >= 15 is 0 Å². The molecule has 2 amide bonds. The van der Waals surface area contributed by atoms with Gasteiger partial charge in [0.05, 0.1) is 0 Å². The Hall–Kier alpha value is -0.730. The van der Waals surface area contributed by atoms with Crippen LogP contribution in [0.15, 0.2) is 0 Å². The molecule has 3 heteroatoms. The number of hydrogen-bond acceptors (Lipinski definition) is 1. The number of carbonyl (C=O) groups excluding carboxylic acids is 1. The second-order valence-corrected chi connectivity index (χ2v) is 5.66. The molecule has 90 valence electrons. The fraction of sp³-hybridized carbons (Fsp3) is 0.923. The topological polar surface area (TPSA) is 23.6 Å². The molecule has 0 atom stereocenters. The summed E-state index contributed by atoms with van der Waals surface area (Å²) in [6, 6.07) is 0.934. The van der Waals surface area contributed by atoms with Crippen LogP contribution in [0.4, 0.5) is 4.79 Å². The Kier molecular flexibility index (Phi) is 2.78. The Bertz CT molecular complexity index is 265. The van der Waals surface area contributed by atoms with E-state index in [0.717, 1.165) is 25.6 Å². The molecule has 1 heterocycles. The Labute approximate surface area is 97.8 Å². The third-order valence-corrected chi connectivity index (χ3v) is 4.01. The van der Waals surface area contributed by atoms with E-state index in [2.05, 4.69) is 9.80 Å². The first kappa shape index (κ1) is 10.4. The largest absolute Gasteiger partial charge is 0.325 e. The number of likely N-dealkylation sites (tertiary alicyclic amines) is 1. The van der Waals surface area contributed by atoms with Crippen LogP contribution in [0.25, 0.3) is 0 Å². The van der Waals surface area contributed by atoms with Crippen LogP contribution in [0.2, 0.25) is 0 Å². The molecule has 3 nitrogen and oxygen atoms in total. The van der Waals surface area contributed by atoms with Crippen molar-refractivity contribution in [1.82, 2.24) is 9.80 Å². The van der Waals surface area contributed by atoms with Crippen molar-refractivity contribution in [3.8, 4) is 0 Å². The van der Waals surface area contributed by atoms with Crippen molar-refractivity contribution in [1.29, 1.82) is 0 Å². The maximum absolute atomic E-state index is 12.4. The maximum atomic E-state index is 12.4. The predicted molar refractivity (Wildman–Crippen MR) is 63.3 cm³/mol. The molecular formula is C13H22N2O. The molecule has 1 aliphatic heterocycles. The monoisotopic (exact) mass is 222 g/mol. The number of hydrogen-bond donors (Lipinski definition) is 0. The van der Waals surface area contributed by atoms with E-state index in [9.17, 15) is 4.79 Å².